The second-order valence-corrected chi connectivity index (χ2v) is 7.44. The molecule has 1 aromatic carbocycles. The lowest BCUT2D eigenvalue weighted by Crippen LogP contribution is -2.39. The fourth-order valence-corrected chi connectivity index (χ4v) is 3.67. The highest BCUT2D eigenvalue weighted by Gasteiger charge is 2.23. The molecule has 3 rings (SSSR count). The van der Waals surface area contributed by atoms with Gasteiger partial charge in [0.05, 0.1) is 12.6 Å². The first-order chi connectivity index (χ1) is 13.8. The highest BCUT2D eigenvalue weighted by Crippen LogP contribution is 2.25. The van der Waals surface area contributed by atoms with Crippen molar-refractivity contribution in [1.29, 1.82) is 0 Å². The van der Waals surface area contributed by atoms with Crippen LogP contribution in [0.4, 0.5) is 0 Å². The van der Waals surface area contributed by atoms with E-state index < -0.39 is 0 Å². The van der Waals surface area contributed by atoms with Gasteiger partial charge >= 0.3 is 0 Å². The van der Waals surface area contributed by atoms with Crippen molar-refractivity contribution in [2.75, 3.05) is 32.7 Å². The standard InChI is InChI=1S/C22H30ClN5/c1-2-24-22(25-13-12-18-10-11-21(23)26-16-18)27-17-20(28-14-6-7-15-28)19-8-4-3-5-9-19/h3-5,8-11,16,20H,2,6-7,12-15,17H2,1H3,(H2,24,25,27). The lowest BCUT2D eigenvalue weighted by Gasteiger charge is -2.27. The molecule has 150 valence electrons. The van der Waals surface area contributed by atoms with Crippen LogP contribution < -0.4 is 10.6 Å². The molecule has 1 aromatic heterocycles. The summed E-state index contributed by atoms with van der Waals surface area (Å²) < 4.78 is 0. The Hall–Kier alpha value is -2.11. The highest BCUT2D eigenvalue weighted by molar-refractivity contribution is 6.29. The number of hydrogen-bond donors (Lipinski definition) is 2. The van der Waals surface area contributed by atoms with Crippen LogP contribution in [0.2, 0.25) is 5.15 Å². The number of aromatic nitrogens is 1. The van der Waals surface area contributed by atoms with Crippen molar-refractivity contribution in [2.45, 2.75) is 32.2 Å². The van der Waals surface area contributed by atoms with E-state index in [0.29, 0.717) is 11.2 Å². The minimum Gasteiger partial charge on any atom is -0.357 e. The summed E-state index contributed by atoms with van der Waals surface area (Å²) in [5, 5.41) is 7.33. The third-order valence-corrected chi connectivity index (χ3v) is 5.25. The number of rotatable bonds is 8. The summed E-state index contributed by atoms with van der Waals surface area (Å²) in [5.41, 5.74) is 2.50. The Morgan fingerprint density at radius 1 is 1.14 bits per heavy atom. The van der Waals surface area contributed by atoms with Gasteiger partial charge in [0.2, 0.25) is 0 Å². The van der Waals surface area contributed by atoms with E-state index in [-0.39, 0.29) is 0 Å². The van der Waals surface area contributed by atoms with Gasteiger partial charge < -0.3 is 10.6 Å². The van der Waals surface area contributed by atoms with Crippen LogP contribution in [0, 0.1) is 0 Å². The van der Waals surface area contributed by atoms with Crippen LogP contribution in [0.3, 0.4) is 0 Å². The van der Waals surface area contributed by atoms with E-state index in [1.54, 1.807) is 0 Å². The zero-order valence-corrected chi connectivity index (χ0v) is 17.3. The first kappa shape index (κ1) is 20.6. The molecule has 0 saturated carbocycles. The van der Waals surface area contributed by atoms with Crippen molar-refractivity contribution in [2.24, 2.45) is 4.99 Å². The average Bonchev–Trinajstić information content (AvgIpc) is 3.25. The molecule has 1 aliphatic rings. The molecule has 1 atom stereocenters. The number of benzene rings is 1. The van der Waals surface area contributed by atoms with Crippen molar-refractivity contribution in [3.63, 3.8) is 0 Å². The van der Waals surface area contributed by atoms with Crippen LogP contribution in [0.15, 0.2) is 53.7 Å². The largest absolute Gasteiger partial charge is 0.357 e. The maximum Gasteiger partial charge on any atom is 0.191 e. The van der Waals surface area contributed by atoms with Crippen molar-refractivity contribution in [3.8, 4) is 0 Å². The van der Waals surface area contributed by atoms with E-state index in [0.717, 1.165) is 50.7 Å². The second-order valence-electron chi connectivity index (χ2n) is 7.06. The van der Waals surface area contributed by atoms with Crippen LogP contribution in [0.1, 0.15) is 36.9 Å². The van der Waals surface area contributed by atoms with Crippen molar-refractivity contribution < 1.29 is 0 Å². The monoisotopic (exact) mass is 399 g/mol. The molecule has 0 amide bonds. The summed E-state index contributed by atoms with van der Waals surface area (Å²) in [5.74, 6) is 0.865. The number of guanidine groups is 1. The fraction of sp³-hybridized carbons (Fsp3) is 0.455. The lowest BCUT2D eigenvalue weighted by molar-refractivity contribution is 0.251. The molecule has 1 saturated heterocycles. The molecule has 2 heterocycles. The van der Waals surface area contributed by atoms with Crippen molar-refractivity contribution >= 4 is 17.6 Å². The smallest absolute Gasteiger partial charge is 0.191 e. The quantitative estimate of drug-likeness (QED) is 0.404. The predicted molar refractivity (Wildman–Crippen MR) is 117 cm³/mol. The molecular formula is C22H30ClN5. The van der Waals surface area contributed by atoms with E-state index in [1.807, 2.05) is 18.3 Å². The summed E-state index contributed by atoms with van der Waals surface area (Å²) in [6, 6.07) is 14.9. The molecule has 0 radical (unpaired) electrons. The third-order valence-electron chi connectivity index (χ3n) is 5.03. The SMILES string of the molecule is CCNC(=NCC(c1ccccc1)N1CCCC1)NCCc1ccc(Cl)nc1. The third kappa shape index (κ3) is 6.21. The summed E-state index contributed by atoms with van der Waals surface area (Å²) in [7, 11) is 0. The molecule has 6 heteroatoms. The normalized spacial score (nSPS) is 16.1. The van der Waals surface area contributed by atoms with Gasteiger partial charge in [0.25, 0.3) is 0 Å². The van der Waals surface area contributed by atoms with Crippen LogP contribution >= 0.6 is 11.6 Å². The Morgan fingerprint density at radius 3 is 2.61 bits per heavy atom. The minimum atomic E-state index is 0.333. The zero-order chi connectivity index (χ0) is 19.6. The molecule has 0 bridgehead atoms. The Labute approximate surface area is 173 Å². The van der Waals surface area contributed by atoms with Crippen LogP contribution in [-0.2, 0) is 6.42 Å². The summed E-state index contributed by atoms with van der Waals surface area (Å²) >= 11 is 5.85. The second kappa shape index (κ2) is 11.0. The number of hydrogen-bond acceptors (Lipinski definition) is 3. The number of halogens is 1. The molecule has 28 heavy (non-hydrogen) atoms. The Kier molecular flexibility index (Phi) is 8.12. The first-order valence-corrected chi connectivity index (χ1v) is 10.6. The molecular weight excluding hydrogens is 370 g/mol. The van der Waals surface area contributed by atoms with Gasteiger partial charge in [0.1, 0.15) is 5.15 Å². The lowest BCUT2D eigenvalue weighted by atomic mass is 10.1. The van der Waals surface area contributed by atoms with Gasteiger partial charge in [-0.15, -0.1) is 0 Å². The minimum absolute atomic E-state index is 0.333. The number of likely N-dealkylation sites (tertiary alicyclic amines) is 1. The fourth-order valence-electron chi connectivity index (χ4n) is 3.56. The van der Waals surface area contributed by atoms with Gasteiger partial charge in [0.15, 0.2) is 5.96 Å². The molecule has 1 fully saturated rings. The summed E-state index contributed by atoms with van der Waals surface area (Å²) in [6.45, 7) is 6.80. The van der Waals surface area contributed by atoms with E-state index in [9.17, 15) is 0 Å². The van der Waals surface area contributed by atoms with E-state index in [1.165, 1.54) is 18.4 Å². The Balaban J connectivity index is 1.61. The van der Waals surface area contributed by atoms with Crippen LogP contribution in [0.5, 0.6) is 0 Å². The maximum absolute atomic E-state index is 5.85. The molecule has 2 N–H and O–H groups in total. The number of nitrogens with zero attached hydrogens (tertiary/aromatic N) is 3. The van der Waals surface area contributed by atoms with Crippen molar-refractivity contribution in [3.05, 3.63) is 64.9 Å². The molecule has 1 unspecified atom stereocenters. The molecule has 5 nitrogen and oxygen atoms in total. The van der Waals surface area contributed by atoms with Gasteiger partial charge in [-0.3, -0.25) is 9.89 Å². The molecule has 0 spiro atoms. The van der Waals surface area contributed by atoms with Gasteiger partial charge in [-0.1, -0.05) is 48.0 Å². The Morgan fingerprint density at radius 2 is 1.93 bits per heavy atom. The van der Waals surface area contributed by atoms with E-state index in [4.69, 9.17) is 16.6 Å². The van der Waals surface area contributed by atoms with Gasteiger partial charge in [0, 0.05) is 19.3 Å². The van der Waals surface area contributed by atoms with Gasteiger partial charge in [-0.05, 0) is 56.5 Å². The molecule has 0 aliphatic carbocycles. The maximum atomic E-state index is 5.85. The summed E-state index contributed by atoms with van der Waals surface area (Å²) in [4.78, 5) is 11.6. The van der Waals surface area contributed by atoms with Gasteiger partial charge in [-0.2, -0.15) is 0 Å². The van der Waals surface area contributed by atoms with Crippen LogP contribution in [-0.4, -0.2) is 48.6 Å². The first-order valence-electron chi connectivity index (χ1n) is 10.2. The summed E-state index contributed by atoms with van der Waals surface area (Å²) in [6.07, 6.45) is 5.26. The molecule has 1 aliphatic heterocycles. The van der Waals surface area contributed by atoms with E-state index in [2.05, 4.69) is 57.8 Å². The topological polar surface area (TPSA) is 52.6 Å². The Bertz CT molecular complexity index is 726. The highest BCUT2D eigenvalue weighted by atomic mass is 35.5. The zero-order valence-electron chi connectivity index (χ0n) is 16.6. The average molecular weight is 400 g/mol. The number of aliphatic imine (C=N–C) groups is 1. The van der Waals surface area contributed by atoms with Gasteiger partial charge in [-0.25, -0.2) is 4.98 Å². The number of nitrogens with one attached hydrogen (secondary N) is 2. The number of pyridine rings is 1. The predicted octanol–water partition coefficient (Wildman–Crippen LogP) is 3.67. The van der Waals surface area contributed by atoms with Crippen molar-refractivity contribution in [1.82, 2.24) is 20.5 Å². The van der Waals surface area contributed by atoms with Crippen LogP contribution in [0.25, 0.3) is 0 Å². The molecule has 2 aromatic rings. The van der Waals surface area contributed by atoms with E-state index >= 15 is 0 Å².